The van der Waals surface area contributed by atoms with E-state index in [1.165, 1.54) is 11.3 Å². The van der Waals surface area contributed by atoms with Gasteiger partial charge in [0.15, 0.2) is 0 Å². The molecule has 7 heteroatoms. The van der Waals surface area contributed by atoms with Crippen molar-refractivity contribution in [1.82, 2.24) is 10.2 Å². The molecular formula is C13H13ClN4OS. The molecule has 1 aromatic carbocycles. The molecule has 1 N–H and O–H groups in total. The minimum atomic E-state index is 0.0717. The number of benzene rings is 1. The van der Waals surface area contributed by atoms with Crippen LogP contribution in [-0.2, 0) is 17.8 Å². The highest BCUT2D eigenvalue weighted by molar-refractivity contribution is 7.15. The van der Waals surface area contributed by atoms with Crippen LogP contribution in [0, 0.1) is 0 Å². The number of carbonyl (C=O) groups is 1. The number of hydrogen-bond acceptors (Lipinski definition) is 5. The van der Waals surface area contributed by atoms with E-state index in [1.807, 2.05) is 25.1 Å². The summed E-state index contributed by atoms with van der Waals surface area (Å²) in [7, 11) is 0. The smallest absolute Gasteiger partial charge is 0.231 e. The van der Waals surface area contributed by atoms with Gasteiger partial charge in [0.1, 0.15) is 5.01 Å². The molecule has 0 saturated carbocycles. The van der Waals surface area contributed by atoms with Gasteiger partial charge in [0, 0.05) is 17.3 Å². The molecule has 1 aliphatic heterocycles. The lowest BCUT2D eigenvalue weighted by atomic mass is 10.2. The number of nitrogens with zero attached hydrogens (tertiary/aromatic N) is 3. The van der Waals surface area contributed by atoms with E-state index < -0.39 is 0 Å². The van der Waals surface area contributed by atoms with Gasteiger partial charge in [-0.25, -0.2) is 0 Å². The fraction of sp³-hybridized carbons (Fsp3) is 0.308. The van der Waals surface area contributed by atoms with Gasteiger partial charge in [-0.2, -0.15) is 0 Å². The van der Waals surface area contributed by atoms with Crippen molar-refractivity contribution in [2.45, 2.75) is 19.9 Å². The quantitative estimate of drug-likeness (QED) is 0.943. The summed E-state index contributed by atoms with van der Waals surface area (Å²) in [5, 5.41) is 13.5. The molecule has 0 aliphatic carbocycles. The summed E-state index contributed by atoms with van der Waals surface area (Å²) in [6.07, 6.45) is 0.422. The summed E-state index contributed by atoms with van der Waals surface area (Å²) < 4.78 is 0. The number of hydrogen-bond donors (Lipinski definition) is 1. The first-order valence-electron chi connectivity index (χ1n) is 6.32. The molecule has 3 rings (SSSR count). The number of fused-ring (bicyclic) bond motifs is 1. The SMILES string of the molecule is CCNc1nnc(CN2C(=O)Cc3ccc(Cl)cc32)s1. The molecule has 20 heavy (non-hydrogen) atoms. The molecular weight excluding hydrogens is 296 g/mol. The lowest BCUT2D eigenvalue weighted by Crippen LogP contribution is -2.25. The van der Waals surface area contributed by atoms with Gasteiger partial charge in [0.2, 0.25) is 11.0 Å². The van der Waals surface area contributed by atoms with Gasteiger partial charge in [-0.15, -0.1) is 10.2 Å². The van der Waals surface area contributed by atoms with Crippen molar-refractivity contribution in [2.75, 3.05) is 16.8 Å². The van der Waals surface area contributed by atoms with Crippen LogP contribution in [0.1, 0.15) is 17.5 Å². The molecule has 1 aromatic heterocycles. The lowest BCUT2D eigenvalue weighted by Gasteiger charge is -2.15. The molecule has 0 unspecified atom stereocenters. The largest absolute Gasteiger partial charge is 0.360 e. The van der Waals surface area contributed by atoms with Crippen molar-refractivity contribution in [3.05, 3.63) is 33.8 Å². The van der Waals surface area contributed by atoms with Crippen LogP contribution in [0.2, 0.25) is 5.02 Å². The summed E-state index contributed by atoms with van der Waals surface area (Å²) in [6, 6.07) is 5.54. The minimum Gasteiger partial charge on any atom is -0.360 e. The molecule has 0 atom stereocenters. The van der Waals surface area contributed by atoms with E-state index in [4.69, 9.17) is 11.6 Å². The summed E-state index contributed by atoms with van der Waals surface area (Å²) in [4.78, 5) is 13.8. The standard InChI is InChI=1S/C13H13ClN4OS/c1-2-15-13-17-16-11(20-13)7-18-10-6-9(14)4-3-8(10)5-12(18)19/h3-4,6H,2,5,7H2,1H3,(H,15,17). The first-order chi connectivity index (χ1) is 9.67. The Morgan fingerprint density at radius 2 is 2.30 bits per heavy atom. The average molecular weight is 309 g/mol. The van der Waals surface area contributed by atoms with Crippen LogP contribution >= 0.6 is 22.9 Å². The highest BCUT2D eigenvalue weighted by Gasteiger charge is 2.28. The van der Waals surface area contributed by atoms with E-state index in [2.05, 4.69) is 15.5 Å². The predicted octanol–water partition coefficient (Wildman–Crippen LogP) is 2.71. The van der Waals surface area contributed by atoms with Gasteiger partial charge in [0.25, 0.3) is 0 Å². The first-order valence-corrected chi connectivity index (χ1v) is 7.52. The molecule has 1 amide bonds. The van der Waals surface area contributed by atoms with E-state index in [0.717, 1.165) is 27.9 Å². The van der Waals surface area contributed by atoms with Crippen LogP contribution in [0.25, 0.3) is 0 Å². The van der Waals surface area contributed by atoms with Crippen molar-refractivity contribution in [1.29, 1.82) is 0 Å². The number of anilines is 2. The Balaban J connectivity index is 1.83. The molecule has 0 fully saturated rings. The van der Waals surface area contributed by atoms with Crippen molar-refractivity contribution in [3.8, 4) is 0 Å². The van der Waals surface area contributed by atoms with Gasteiger partial charge in [-0.3, -0.25) is 4.79 Å². The monoisotopic (exact) mass is 308 g/mol. The molecule has 2 heterocycles. The molecule has 2 aromatic rings. The van der Waals surface area contributed by atoms with Crippen LogP contribution in [0.15, 0.2) is 18.2 Å². The molecule has 5 nitrogen and oxygen atoms in total. The number of rotatable bonds is 4. The Labute approximate surface area is 125 Å². The van der Waals surface area contributed by atoms with E-state index in [-0.39, 0.29) is 5.91 Å². The maximum absolute atomic E-state index is 12.1. The normalized spacial score (nSPS) is 13.7. The zero-order valence-electron chi connectivity index (χ0n) is 10.9. The highest BCUT2D eigenvalue weighted by Crippen LogP contribution is 2.33. The van der Waals surface area contributed by atoms with Crippen molar-refractivity contribution >= 4 is 39.7 Å². The molecule has 0 saturated heterocycles. The van der Waals surface area contributed by atoms with Crippen LogP contribution in [0.5, 0.6) is 0 Å². The number of halogens is 1. The number of carbonyl (C=O) groups excluding carboxylic acids is 1. The third-order valence-electron chi connectivity index (χ3n) is 3.07. The summed E-state index contributed by atoms with van der Waals surface area (Å²) in [5.41, 5.74) is 1.89. The Morgan fingerprint density at radius 3 is 3.10 bits per heavy atom. The van der Waals surface area contributed by atoms with Crippen molar-refractivity contribution in [2.24, 2.45) is 0 Å². The predicted molar refractivity (Wildman–Crippen MR) is 80.4 cm³/mol. The molecule has 104 valence electrons. The Hall–Kier alpha value is -1.66. The second-order valence-electron chi connectivity index (χ2n) is 4.46. The van der Waals surface area contributed by atoms with Gasteiger partial charge in [0.05, 0.1) is 13.0 Å². The third-order valence-corrected chi connectivity index (χ3v) is 4.17. The zero-order chi connectivity index (χ0) is 14.1. The average Bonchev–Trinajstić information content (AvgIpc) is 2.97. The van der Waals surface area contributed by atoms with E-state index >= 15 is 0 Å². The first kappa shape index (κ1) is 13.3. The van der Waals surface area contributed by atoms with Crippen LogP contribution in [0.4, 0.5) is 10.8 Å². The van der Waals surface area contributed by atoms with Crippen LogP contribution < -0.4 is 10.2 Å². The molecule has 0 radical (unpaired) electrons. The lowest BCUT2D eigenvalue weighted by molar-refractivity contribution is -0.117. The van der Waals surface area contributed by atoms with Gasteiger partial charge >= 0.3 is 0 Å². The van der Waals surface area contributed by atoms with Gasteiger partial charge < -0.3 is 10.2 Å². The molecule has 1 aliphatic rings. The minimum absolute atomic E-state index is 0.0717. The number of amides is 1. The summed E-state index contributed by atoms with van der Waals surface area (Å²) >= 11 is 7.48. The van der Waals surface area contributed by atoms with E-state index in [1.54, 1.807) is 4.90 Å². The van der Waals surface area contributed by atoms with Crippen molar-refractivity contribution in [3.63, 3.8) is 0 Å². The maximum atomic E-state index is 12.1. The summed E-state index contributed by atoms with van der Waals surface area (Å²) in [6.45, 7) is 3.24. The van der Waals surface area contributed by atoms with Crippen LogP contribution in [-0.4, -0.2) is 22.6 Å². The number of nitrogens with one attached hydrogen (secondary N) is 1. The second-order valence-corrected chi connectivity index (χ2v) is 5.96. The van der Waals surface area contributed by atoms with E-state index in [9.17, 15) is 4.79 Å². The zero-order valence-corrected chi connectivity index (χ0v) is 12.5. The summed E-state index contributed by atoms with van der Waals surface area (Å²) in [5.74, 6) is 0.0717. The fourth-order valence-electron chi connectivity index (χ4n) is 2.18. The van der Waals surface area contributed by atoms with E-state index in [0.29, 0.717) is 18.0 Å². The molecule has 0 bridgehead atoms. The topological polar surface area (TPSA) is 58.1 Å². The highest BCUT2D eigenvalue weighted by atomic mass is 35.5. The van der Waals surface area contributed by atoms with Crippen LogP contribution in [0.3, 0.4) is 0 Å². The second kappa shape index (κ2) is 5.38. The van der Waals surface area contributed by atoms with Crippen molar-refractivity contribution < 1.29 is 4.79 Å². The Morgan fingerprint density at radius 1 is 1.45 bits per heavy atom. The molecule has 0 spiro atoms. The Bertz CT molecular complexity index is 658. The Kier molecular flexibility index (Phi) is 3.58. The number of aromatic nitrogens is 2. The fourth-order valence-corrected chi connectivity index (χ4v) is 3.14. The third kappa shape index (κ3) is 2.48. The van der Waals surface area contributed by atoms with Gasteiger partial charge in [-0.05, 0) is 24.6 Å². The van der Waals surface area contributed by atoms with Gasteiger partial charge in [-0.1, -0.05) is 29.0 Å². The maximum Gasteiger partial charge on any atom is 0.231 e.